The standard InChI is InChI=1S/C13H17ClN4O2/c1-8-11(14)10(4-5-16-8)17-13(20)18-6-2-3-9(7-18)12(15)19/h4-5,9H,2-3,6-7H2,1H3,(H2,15,19)(H,16,17,20). The molecule has 0 spiro atoms. The van der Waals surface area contributed by atoms with Crippen molar-refractivity contribution in [3.63, 3.8) is 0 Å². The van der Waals surface area contributed by atoms with Gasteiger partial charge in [0, 0.05) is 19.3 Å². The maximum Gasteiger partial charge on any atom is 0.321 e. The van der Waals surface area contributed by atoms with Crippen LogP contribution in [0.4, 0.5) is 10.5 Å². The number of pyridine rings is 1. The number of nitrogens with zero attached hydrogens (tertiary/aromatic N) is 2. The first kappa shape index (κ1) is 14.6. The SMILES string of the molecule is Cc1nccc(NC(=O)N2CCCC(C(N)=O)C2)c1Cl. The van der Waals surface area contributed by atoms with Gasteiger partial charge in [0.25, 0.3) is 0 Å². The second kappa shape index (κ2) is 6.09. The van der Waals surface area contributed by atoms with Gasteiger partial charge in [-0.05, 0) is 25.8 Å². The van der Waals surface area contributed by atoms with Gasteiger partial charge < -0.3 is 16.0 Å². The molecule has 108 valence electrons. The first-order chi connectivity index (χ1) is 9.49. The van der Waals surface area contributed by atoms with Crippen LogP contribution >= 0.6 is 11.6 Å². The van der Waals surface area contributed by atoms with Crippen molar-refractivity contribution in [1.29, 1.82) is 0 Å². The molecule has 1 aliphatic rings. The van der Waals surface area contributed by atoms with Crippen molar-refractivity contribution in [3.05, 3.63) is 23.0 Å². The van der Waals surface area contributed by atoms with Crippen molar-refractivity contribution in [1.82, 2.24) is 9.88 Å². The lowest BCUT2D eigenvalue weighted by Crippen LogP contribution is -2.45. The third-order valence-electron chi connectivity index (χ3n) is 3.42. The molecule has 0 bridgehead atoms. The number of hydrogen-bond donors (Lipinski definition) is 2. The van der Waals surface area contributed by atoms with E-state index in [-0.39, 0.29) is 17.9 Å². The van der Waals surface area contributed by atoms with Crippen LogP contribution in [0, 0.1) is 12.8 Å². The predicted octanol–water partition coefficient (Wildman–Crippen LogP) is 1.77. The highest BCUT2D eigenvalue weighted by atomic mass is 35.5. The van der Waals surface area contributed by atoms with Crippen LogP contribution in [0.1, 0.15) is 18.5 Å². The van der Waals surface area contributed by atoms with E-state index in [0.29, 0.717) is 29.5 Å². The number of aryl methyl sites for hydroxylation is 1. The van der Waals surface area contributed by atoms with E-state index in [0.717, 1.165) is 12.8 Å². The number of primary amides is 1. The Kier molecular flexibility index (Phi) is 4.44. The largest absolute Gasteiger partial charge is 0.369 e. The number of likely N-dealkylation sites (tertiary alicyclic amines) is 1. The summed E-state index contributed by atoms with van der Waals surface area (Å²) in [6, 6.07) is 1.37. The molecule has 7 heteroatoms. The van der Waals surface area contributed by atoms with Crippen LogP contribution < -0.4 is 11.1 Å². The molecule has 1 unspecified atom stereocenters. The van der Waals surface area contributed by atoms with Gasteiger partial charge in [0.05, 0.1) is 22.3 Å². The lowest BCUT2D eigenvalue weighted by atomic mass is 9.98. The zero-order valence-corrected chi connectivity index (χ0v) is 12.0. The Morgan fingerprint density at radius 3 is 3.00 bits per heavy atom. The van der Waals surface area contributed by atoms with Crippen molar-refractivity contribution in [2.24, 2.45) is 11.7 Å². The van der Waals surface area contributed by atoms with E-state index in [2.05, 4.69) is 10.3 Å². The molecule has 3 N–H and O–H groups in total. The number of aromatic nitrogens is 1. The highest BCUT2D eigenvalue weighted by Crippen LogP contribution is 2.24. The Hall–Kier alpha value is -1.82. The number of urea groups is 1. The minimum atomic E-state index is -0.361. The number of hydrogen-bond acceptors (Lipinski definition) is 3. The third-order valence-corrected chi connectivity index (χ3v) is 3.89. The highest BCUT2D eigenvalue weighted by Gasteiger charge is 2.27. The Morgan fingerprint density at radius 2 is 2.30 bits per heavy atom. The number of piperidine rings is 1. The maximum atomic E-state index is 12.2. The second-order valence-electron chi connectivity index (χ2n) is 4.88. The minimum absolute atomic E-state index is 0.274. The van der Waals surface area contributed by atoms with Crippen LogP contribution in [0.2, 0.25) is 5.02 Å². The molecule has 3 amide bonds. The molecule has 2 rings (SSSR count). The van der Waals surface area contributed by atoms with Crippen molar-refractivity contribution >= 4 is 29.2 Å². The van der Waals surface area contributed by atoms with Gasteiger partial charge in [-0.3, -0.25) is 9.78 Å². The van der Waals surface area contributed by atoms with Crippen LogP contribution in [0.3, 0.4) is 0 Å². The molecule has 1 aromatic heterocycles. The highest BCUT2D eigenvalue weighted by molar-refractivity contribution is 6.34. The van der Waals surface area contributed by atoms with E-state index in [1.54, 1.807) is 24.1 Å². The summed E-state index contributed by atoms with van der Waals surface area (Å²) < 4.78 is 0. The Labute approximate surface area is 122 Å². The lowest BCUT2D eigenvalue weighted by molar-refractivity contribution is -0.123. The van der Waals surface area contributed by atoms with E-state index in [1.807, 2.05) is 0 Å². The number of carbonyl (C=O) groups is 2. The van der Waals surface area contributed by atoms with Gasteiger partial charge in [0.15, 0.2) is 0 Å². The molecular weight excluding hydrogens is 280 g/mol. The number of nitrogens with one attached hydrogen (secondary N) is 1. The number of carbonyl (C=O) groups excluding carboxylic acids is 2. The van der Waals surface area contributed by atoms with Crippen LogP contribution in [-0.2, 0) is 4.79 Å². The molecule has 20 heavy (non-hydrogen) atoms. The van der Waals surface area contributed by atoms with Crippen LogP contribution in [0.25, 0.3) is 0 Å². The minimum Gasteiger partial charge on any atom is -0.369 e. The van der Waals surface area contributed by atoms with E-state index in [9.17, 15) is 9.59 Å². The summed E-state index contributed by atoms with van der Waals surface area (Å²) in [6.07, 6.45) is 3.08. The molecule has 1 atom stereocenters. The monoisotopic (exact) mass is 296 g/mol. The third kappa shape index (κ3) is 3.19. The van der Waals surface area contributed by atoms with Gasteiger partial charge in [-0.1, -0.05) is 11.6 Å². The molecule has 2 heterocycles. The van der Waals surface area contributed by atoms with Gasteiger partial charge in [-0.15, -0.1) is 0 Å². The molecule has 6 nitrogen and oxygen atoms in total. The van der Waals surface area contributed by atoms with Crippen molar-refractivity contribution < 1.29 is 9.59 Å². The topological polar surface area (TPSA) is 88.3 Å². The lowest BCUT2D eigenvalue weighted by Gasteiger charge is -2.31. The molecule has 0 radical (unpaired) electrons. The average Bonchev–Trinajstić information content (AvgIpc) is 2.44. The zero-order chi connectivity index (χ0) is 14.7. The molecule has 0 saturated carbocycles. The first-order valence-corrected chi connectivity index (χ1v) is 6.83. The first-order valence-electron chi connectivity index (χ1n) is 6.45. The fourth-order valence-corrected chi connectivity index (χ4v) is 2.39. The molecule has 0 aliphatic carbocycles. The number of anilines is 1. The predicted molar refractivity (Wildman–Crippen MR) is 76.5 cm³/mol. The summed E-state index contributed by atoms with van der Waals surface area (Å²) in [5.74, 6) is -0.635. The van der Waals surface area contributed by atoms with Crippen LogP contribution in [-0.4, -0.2) is 34.9 Å². The average molecular weight is 297 g/mol. The van der Waals surface area contributed by atoms with Crippen LogP contribution in [0.15, 0.2) is 12.3 Å². The van der Waals surface area contributed by atoms with E-state index in [4.69, 9.17) is 17.3 Å². The van der Waals surface area contributed by atoms with Gasteiger partial charge in [0.1, 0.15) is 0 Å². The summed E-state index contributed by atoms with van der Waals surface area (Å²) in [7, 11) is 0. The number of nitrogens with two attached hydrogens (primary N) is 1. The quantitative estimate of drug-likeness (QED) is 0.872. The molecular formula is C13H17ClN4O2. The van der Waals surface area contributed by atoms with Crippen molar-refractivity contribution in [2.45, 2.75) is 19.8 Å². The van der Waals surface area contributed by atoms with E-state index >= 15 is 0 Å². The zero-order valence-electron chi connectivity index (χ0n) is 11.2. The molecule has 1 fully saturated rings. The summed E-state index contributed by atoms with van der Waals surface area (Å²) >= 11 is 6.09. The van der Waals surface area contributed by atoms with Gasteiger partial charge >= 0.3 is 6.03 Å². The fourth-order valence-electron chi connectivity index (χ4n) is 2.23. The van der Waals surface area contributed by atoms with E-state index in [1.165, 1.54) is 0 Å². The van der Waals surface area contributed by atoms with Gasteiger partial charge in [-0.25, -0.2) is 4.79 Å². The number of rotatable bonds is 2. The second-order valence-corrected chi connectivity index (χ2v) is 5.25. The molecule has 1 aromatic rings. The summed E-state index contributed by atoms with van der Waals surface area (Å²) in [4.78, 5) is 29.0. The molecule has 1 saturated heterocycles. The number of halogens is 1. The Morgan fingerprint density at radius 1 is 1.55 bits per heavy atom. The van der Waals surface area contributed by atoms with Crippen LogP contribution in [0.5, 0.6) is 0 Å². The smallest absolute Gasteiger partial charge is 0.321 e. The van der Waals surface area contributed by atoms with Crippen molar-refractivity contribution in [3.8, 4) is 0 Å². The van der Waals surface area contributed by atoms with Gasteiger partial charge in [-0.2, -0.15) is 0 Å². The summed E-state index contributed by atoms with van der Waals surface area (Å²) in [6.45, 7) is 2.72. The summed E-state index contributed by atoms with van der Waals surface area (Å²) in [5.41, 5.74) is 6.47. The fraction of sp³-hybridized carbons (Fsp3) is 0.462. The number of amides is 3. The molecule has 1 aliphatic heterocycles. The Bertz CT molecular complexity index is 535. The van der Waals surface area contributed by atoms with Gasteiger partial charge in [0.2, 0.25) is 5.91 Å². The normalized spacial score (nSPS) is 18.7. The molecule has 0 aromatic carbocycles. The summed E-state index contributed by atoms with van der Waals surface area (Å²) in [5, 5.41) is 3.16. The maximum absolute atomic E-state index is 12.2. The van der Waals surface area contributed by atoms with Crippen molar-refractivity contribution in [2.75, 3.05) is 18.4 Å². The van der Waals surface area contributed by atoms with E-state index < -0.39 is 0 Å². The Balaban J connectivity index is 2.04.